The molecule has 1 amide bonds. The summed E-state index contributed by atoms with van der Waals surface area (Å²) in [5.74, 6) is -0.898. The van der Waals surface area contributed by atoms with Crippen LogP contribution in [0.1, 0.15) is 18.1 Å². The molecule has 0 fully saturated rings. The van der Waals surface area contributed by atoms with E-state index in [-0.39, 0.29) is 5.57 Å². The van der Waals surface area contributed by atoms with Crippen molar-refractivity contribution >= 4 is 17.7 Å². The molecule has 6 heteroatoms. The zero-order valence-electron chi connectivity index (χ0n) is 13.8. The summed E-state index contributed by atoms with van der Waals surface area (Å²) in [6.45, 7) is 1.70. The molecule has 0 saturated heterocycles. The maximum absolute atomic E-state index is 13.0. The summed E-state index contributed by atoms with van der Waals surface area (Å²) in [7, 11) is 0. The van der Waals surface area contributed by atoms with Gasteiger partial charge in [-0.05, 0) is 36.3 Å². The summed E-state index contributed by atoms with van der Waals surface area (Å²) in [6.07, 6.45) is -1.52. The standard InChI is InChI=1S/C20H15F3N2O/c1-14(11-15-7-3-2-4-8-15)12-16(13-24)19(26)25-18-10-6-5-9-17(18)20(21,22)23/h2-12H,1H3,(H,25,26). The van der Waals surface area contributed by atoms with Gasteiger partial charge in [0.25, 0.3) is 5.91 Å². The topological polar surface area (TPSA) is 52.9 Å². The Bertz CT molecular complexity index is 891. The van der Waals surface area contributed by atoms with E-state index in [4.69, 9.17) is 0 Å². The molecule has 0 heterocycles. The molecule has 0 aliphatic heterocycles. The highest BCUT2D eigenvalue weighted by atomic mass is 19.4. The van der Waals surface area contributed by atoms with Crippen LogP contribution in [0.15, 0.2) is 71.8 Å². The number of nitriles is 1. The summed E-state index contributed by atoms with van der Waals surface area (Å²) in [5, 5.41) is 11.4. The van der Waals surface area contributed by atoms with E-state index in [2.05, 4.69) is 5.32 Å². The molecular weight excluding hydrogens is 341 g/mol. The minimum Gasteiger partial charge on any atom is -0.321 e. The van der Waals surface area contributed by atoms with Gasteiger partial charge in [0.2, 0.25) is 0 Å². The molecule has 2 rings (SSSR count). The molecule has 26 heavy (non-hydrogen) atoms. The van der Waals surface area contributed by atoms with Crippen LogP contribution in [0.3, 0.4) is 0 Å². The largest absolute Gasteiger partial charge is 0.418 e. The van der Waals surface area contributed by atoms with Crippen molar-refractivity contribution in [1.82, 2.24) is 0 Å². The molecule has 2 aromatic rings. The Hall–Kier alpha value is -3.33. The van der Waals surface area contributed by atoms with Crippen molar-refractivity contribution in [1.29, 1.82) is 5.26 Å². The second kappa shape index (κ2) is 8.17. The number of para-hydroxylation sites is 1. The van der Waals surface area contributed by atoms with E-state index >= 15 is 0 Å². The first-order valence-corrected chi connectivity index (χ1v) is 7.64. The van der Waals surface area contributed by atoms with Gasteiger partial charge in [-0.1, -0.05) is 48.5 Å². The number of rotatable bonds is 4. The molecule has 0 unspecified atom stereocenters. The van der Waals surface area contributed by atoms with Gasteiger partial charge < -0.3 is 5.32 Å². The number of nitrogens with one attached hydrogen (secondary N) is 1. The fourth-order valence-corrected chi connectivity index (χ4v) is 2.26. The first kappa shape index (κ1) is 19.0. The Balaban J connectivity index is 2.25. The number of allylic oxidation sites excluding steroid dienone is 2. The minimum atomic E-state index is -4.61. The summed E-state index contributed by atoms with van der Waals surface area (Å²) in [5.41, 5.74) is -0.155. The van der Waals surface area contributed by atoms with Gasteiger partial charge in [-0.2, -0.15) is 18.4 Å². The summed E-state index contributed by atoms with van der Waals surface area (Å²) in [4.78, 5) is 12.2. The molecule has 3 nitrogen and oxygen atoms in total. The molecular formula is C20H15F3N2O. The van der Waals surface area contributed by atoms with E-state index in [0.717, 1.165) is 17.7 Å². The number of alkyl halides is 3. The lowest BCUT2D eigenvalue weighted by molar-refractivity contribution is -0.137. The molecule has 0 aliphatic rings. The number of hydrogen-bond donors (Lipinski definition) is 1. The van der Waals surface area contributed by atoms with Gasteiger partial charge >= 0.3 is 6.18 Å². The van der Waals surface area contributed by atoms with Crippen molar-refractivity contribution in [2.75, 3.05) is 5.32 Å². The Kier molecular flexibility index (Phi) is 5.97. The fraction of sp³-hybridized carbons (Fsp3) is 0.100. The van der Waals surface area contributed by atoms with Crippen molar-refractivity contribution in [3.8, 4) is 6.07 Å². The van der Waals surface area contributed by atoms with Crippen LogP contribution in [0, 0.1) is 11.3 Å². The van der Waals surface area contributed by atoms with Crippen LogP contribution in [-0.2, 0) is 11.0 Å². The van der Waals surface area contributed by atoms with Crippen molar-refractivity contribution in [3.63, 3.8) is 0 Å². The highest BCUT2D eigenvalue weighted by Gasteiger charge is 2.33. The predicted octanol–water partition coefficient (Wildman–Crippen LogP) is 5.20. The van der Waals surface area contributed by atoms with Gasteiger partial charge in [-0.3, -0.25) is 4.79 Å². The van der Waals surface area contributed by atoms with Gasteiger partial charge in [0.05, 0.1) is 11.3 Å². The second-order valence-electron chi connectivity index (χ2n) is 5.47. The number of amides is 1. The van der Waals surface area contributed by atoms with Crippen LogP contribution in [0.25, 0.3) is 6.08 Å². The number of carbonyl (C=O) groups is 1. The monoisotopic (exact) mass is 356 g/mol. The molecule has 2 aromatic carbocycles. The van der Waals surface area contributed by atoms with E-state index in [1.165, 1.54) is 18.2 Å². The molecule has 0 spiro atoms. The summed E-state index contributed by atoms with van der Waals surface area (Å²) < 4.78 is 39.0. The molecule has 1 N–H and O–H groups in total. The molecule has 0 aromatic heterocycles. The number of carbonyl (C=O) groups excluding carboxylic acids is 1. The van der Waals surface area contributed by atoms with Crippen molar-refractivity contribution < 1.29 is 18.0 Å². The van der Waals surface area contributed by atoms with Crippen LogP contribution in [-0.4, -0.2) is 5.91 Å². The lowest BCUT2D eigenvalue weighted by Gasteiger charge is -2.13. The highest BCUT2D eigenvalue weighted by molar-refractivity contribution is 6.07. The third kappa shape index (κ3) is 5.08. The smallest absolute Gasteiger partial charge is 0.321 e. The number of nitrogens with zero attached hydrogens (tertiary/aromatic N) is 1. The van der Waals surface area contributed by atoms with Gasteiger partial charge in [-0.15, -0.1) is 0 Å². The van der Waals surface area contributed by atoms with E-state index in [1.807, 2.05) is 30.3 Å². The first-order valence-electron chi connectivity index (χ1n) is 7.64. The van der Waals surface area contributed by atoms with Gasteiger partial charge in [0.15, 0.2) is 0 Å². The maximum Gasteiger partial charge on any atom is 0.418 e. The SMILES string of the molecule is CC(=Cc1ccccc1)C=C(C#N)C(=O)Nc1ccccc1C(F)(F)F. The predicted molar refractivity (Wildman–Crippen MR) is 93.9 cm³/mol. The van der Waals surface area contributed by atoms with Crippen LogP contribution in [0.2, 0.25) is 0 Å². The van der Waals surface area contributed by atoms with Crippen LogP contribution < -0.4 is 5.32 Å². The van der Waals surface area contributed by atoms with E-state index < -0.39 is 23.3 Å². The zero-order chi connectivity index (χ0) is 19.2. The third-order valence-electron chi connectivity index (χ3n) is 3.41. The maximum atomic E-state index is 13.0. The van der Waals surface area contributed by atoms with Crippen LogP contribution in [0.5, 0.6) is 0 Å². The second-order valence-corrected chi connectivity index (χ2v) is 5.47. The highest BCUT2D eigenvalue weighted by Crippen LogP contribution is 2.34. The average molecular weight is 356 g/mol. The lowest BCUT2D eigenvalue weighted by Crippen LogP contribution is -2.17. The zero-order valence-corrected chi connectivity index (χ0v) is 13.8. The Morgan fingerprint density at radius 1 is 1.08 bits per heavy atom. The molecule has 0 atom stereocenters. The number of anilines is 1. The molecule has 0 radical (unpaired) electrons. The van der Waals surface area contributed by atoms with Crippen LogP contribution in [0.4, 0.5) is 18.9 Å². The number of hydrogen-bond acceptors (Lipinski definition) is 2. The van der Waals surface area contributed by atoms with E-state index in [9.17, 15) is 23.2 Å². The minimum absolute atomic E-state index is 0.286. The molecule has 132 valence electrons. The van der Waals surface area contributed by atoms with E-state index in [0.29, 0.717) is 5.57 Å². The first-order chi connectivity index (χ1) is 12.3. The van der Waals surface area contributed by atoms with Crippen molar-refractivity contribution in [2.45, 2.75) is 13.1 Å². The number of benzene rings is 2. The van der Waals surface area contributed by atoms with Gasteiger partial charge in [-0.25, -0.2) is 0 Å². The molecule has 0 bridgehead atoms. The fourth-order valence-electron chi connectivity index (χ4n) is 2.26. The third-order valence-corrected chi connectivity index (χ3v) is 3.41. The lowest BCUT2D eigenvalue weighted by atomic mass is 10.1. The quantitative estimate of drug-likeness (QED) is 0.465. The van der Waals surface area contributed by atoms with Gasteiger partial charge in [0.1, 0.15) is 11.6 Å². The molecule has 0 aliphatic carbocycles. The normalized spacial score (nSPS) is 12.4. The van der Waals surface area contributed by atoms with Crippen molar-refractivity contribution in [3.05, 3.63) is 82.9 Å². The average Bonchev–Trinajstić information content (AvgIpc) is 2.60. The Morgan fingerprint density at radius 3 is 2.31 bits per heavy atom. The Morgan fingerprint density at radius 2 is 1.69 bits per heavy atom. The molecule has 0 saturated carbocycles. The van der Waals surface area contributed by atoms with Crippen molar-refractivity contribution in [2.24, 2.45) is 0 Å². The Labute approximate surface area is 149 Å². The summed E-state index contributed by atoms with van der Waals surface area (Å²) >= 11 is 0. The summed E-state index contributed by atoms with van der Waals surface area (Å²) in [6, 6.07) is 15.6. The van der Waals surface area contributed by atoms with E-state index in [1.54, 1.807) is 19.1 Å². The number of halogens is 3. The van der Waals surface area contributed by atoms with Crippen LogP contribution >= 0.6 is 0 Å². The van der Waals surface area contributed by atoms with Gasteiger partial charge in [0, 0.05) is 0 Å².